The summed E-state index contributed by atoms with van der Waals surface area (Å²) in [5.41, 5.74) is 2.83. The molecule has 2 N–H and O–H groups in total. The van der Waals surface area contributed by atoms with Crippen molar-refractivity contribution in [3.63, 3.8) is 0 Å². The van der Waals surface area contributed by atoms with Crippen LogP contribution < -0.4 is 10.6 Å². The first-order valence-electron chi connectivity index (χ1n) is 7.22. The third-order valence-corrected chi connectivity index (χ3v) is 4.08. The number of fused-ring (bicyclic) bond motifs is 1. The smallest absolute Gasteiger partial charge is 0.253 e. The molecule has 0 radical (unpaired) electrons. The molecule has 108 valence electrons. The Morgan fingerprint density at radius 3 is 2.65 bits per heavy atom. The van der Waals surface area contributed by atoms with Gasteiger partial charge in [-0.05, 0) is 31.0 Å². The molecule has 2 aliphatic heterocycles. The fraction of sp³-hybridized carbons (Fsp3) is 0.533. The maximum Gasteiger partial charge on any atom is 0.253 e. The summed E-state index contributed by atoms with van der Waals surface area (Å²) in [6.07, 6.45) is 1.85. The van der Waals surface area contributed by atoms with E-state index in [2.05, 4.69) is 10.6 Å². The molecule has 0 saturated carbocycles. The predicted molar refractivity (Wildman–Crippen MR) is 79.4 cm³/mol. The van der Waals surface area contributed by atoms with Crippen LogP contribution in [0, 0.1) is 0 Å². The molecule has 3 rings (SSSR count). The van der Waals surface area contributed by atoms with E-state index in [1.54, 1.807) is 0 Å². The minimum atomic E-state index is 0.0899. The van der Waals surface area contributed by atoms with E-state index >= 15 is 0 Å². The number of anilines is 2. The largest absolute Gasteiger partial charge is 0.382 e. The van der Waals surface area contributed by atoms with Crippen molar-refractivity contribution in [2.24, 2.45) is 0 Å². The minimum absolute atomic E-state index is 0.0899. The molecule has 0 aromatic heterocycles. The van der Waals surface area contributed by atoms with Gasteiger partial charge in [-0.3, -0.25) is 4.79 Å². The molecule has 1 fully saturated rings. The van der Waals surface area contributed by atoms with Gasteiger partial charge in [0.05, 0.1) is 11.4 Å². The topological polar surface area (TPSA) is 53.6 Å². The Bertz CT molecular complexity index is 498. The van der Waals surface area contributed by atoms with Crippen molar-refractivity contribution in [3.8, 4) is 0 Å². The van der Waals surface area contributed by atoms with Gasteiger partial charge in [0, 0.05) is 45.0 Å². The first kappa shape index (κ1) is 13.2. The van der Waals surface area contributed by atoms with Gasteiger partial charge in [-0.25, -0.2) is 0 Å². The Hall–Kier alpha value is -1.75. The first-order chi connectivity index (χ1) is 9.75. The number of hydrogen-bond donors (Lipinski definition) is 2. The summed E-state index contributed by atoms with van der Waals surface area (Å²) in [6, 6.07) is 6.11. The minimum Gasteiger partial charge on any atom is -0.382 e. The molecule has 0 aliphatic carbocycles. The second kappa shape index (κ2) is 5.71. The van der Waals surface area contributed by atoms with Crippen LogP contribution in [0.3, 0.4) is 0 Å². The fourth-order valence-corrected chi connectivity index (χ4v) is 2.81. The highest BCUT2D eigenvalue weighted by Gasteiger charge is 2.24. The van der Waals surface area contributed by atoms with Crippen LogP contribution in [0.2, 0.25) is 0 Å². The van der Waals surface area contributed by atoms with E-state index in [1.807, 2.05) is 30.1 Å². The highest BCUT2D eigenvalue weighted by molar-refractivity contribution is 5.96. The van der Waals surface area contributed by atoms with Crippen molar-refractivity contribution in [3.05, 3.63) is 23.8 Å². The predicted octanol–water partition coefficient (Wildman–Crippen LogP) is 1.77. The standard InChI is InChI=1S/C15H21N3O2/c1-18(12-4-8-20-9-5-12)15(19)11-2-3-13-14(10-11)17-7-6-16-13/h2-3,10,12,16-17H,4-9H2,1H3. The van der Waals surface area contributed by atoms with E-state index in [-0.39, 0.29) is 5.91 Å². The number of benzene rings is 1. The summed E-state index contributed by atoms with van der Waals surface area (Å²) in [7, 11) is 1.89. The van der Waals surface area contributed by atoms with Gasteiger partial charge in [0.25, 0.3) is 5.91 Å². The molecule has 20 heavy (non-hydrogen) atoms. The van der Waals surface area contributed by atoms with E-state index in [9.17, 15) is 4.79 Å². The van der Waals surface area contributed by atoms with Gasteiger partial charge in [-0.2, -0.15) is 0 Å². The van der Waals surface area contributed by atoms with Crippen LogP contribution in [0.1, 0.15) is 23.2 Å². The zero-order chi connectivity index (χ0) is 13.9. The van der Waals surface area contributed by atoms with Crippen molar-refractivity contribution < 1.29 is 9.53 Å². The van der Waals surface area contributed by atoms with Crippen molar-refractivity contribution in [2.45, 2.75) is 18.9 Å². The molecule has 5 heteroatoms. The summed E-state index contributed by atoms with van der Waals surface area (Å²) in [5, 5.41) is 6.64. The van der Waals surface area contributed by atoms with E-state index in [1.165, 1.54) is 0 Å². The Morgan fingerprint density at radius 2 is 1.90 bits per heavy atom. The molecule has 5 nitrogen and oxygen atoms in total. The summed E-state index contributed by atoms with van der Waals surface area (Å²) in [5.74, 6) is 0.0899. The summed E-state index contributed by atoms with van der Waals surface area (Å²) >= 11 is 0. The zero-order valence-corrected chi connectivity index (χ0v) is 11.8. The molecule has 1 aromatic rings. The van der Waals surface area contributed by atoms with E-state index < -0.39 is 0 Å². The van der Waals surface area contributed by atoms with Gasteiger partial charge < -0.3 is 20.3 Å². The number of rotatable bonds is 2. The number of ether oxygens (including phenoxy) is 1. The third kappa shape index (κ3) is 2.58. The summed E-state index contributed by atoms with van der Waals surface area (Å²) in [6.45, 7) is 3.30. The van der Waals surface area contributed by atoms with Gasteiger partial charge in [-0.15, -0.1) is 0 Å². The van der Waals surface area contributed by atoms with Gasteiger partial charge in [0.2, 0.25) is 0 Å². The van der Waals surface area contributed by atoms with E-state index in [0.29, 0.717) is 6.04 Å². The lowest BCUT2D eigenvalue weighted by Gasteiger charge is -2.31. The highest BCUT2D eigenvalue weighted by atomic mass is 16.5. The maximum absolute atomic E-state index is 12.6. The van der Waals surface area contributed by atoms with Crippen LogP contribution in [-0.2, 0) is 4.74 Å². The molecule has 2 aliphatic rings. The number of amides is 1. The van der Waals surface area contributed by atoms with Crippen molar-refractivity contribution in [1.82, 2.24) is 4.90 Å². The normalized spacial score (nSPS) is 18.6. The lowest BCUT2D eigenvalue weighted by Crippen LogP contribution is -2.40. The van der Waals surface area contributed by atoms with Crippen molar-refractivity contribution in [2.75, 3.05) is 44.0 Å². The molecule has 1 aromatic carbocycles. The van der Waals surface area contributed by atoms with Crippen molar-refractivity contribution in [1.29, 1.82) is 0 Å². The highest BCUT2D eigenvalue weighted by Crippen LogP contribution is 2.26. The van der Waals surface area contributed by atoms with Gasteiger partial charge >= 0.3 is 0 Å². The van der Waals surface area contributed by atoms with Crippen LogP contribution in [-0.4, -0.2) is 50.2 Å². The van der Waals surface area contributed by atoms with Crippen LogP contribution in [0.5, 0.6) is 0 Å². The molecule has 1 amide bonds. The van der Waals surface area contributed by atoms with Gasteiger partial charge in [0.1, 0.15) is 0 Å². The first-order valence-corrected chi connectivity index (χ1v) is 7.22. The summed E-state index contributed by atoms with van der Waals surface area (Å²) in [4.78, 5) is 14.4. The van der Waals surface area contributed by atoms with Crippen LogP contribution in [0.4, 0.5) is 11.4 Å². The molecule has 0 spiro atoms. The third-order valence-electron chi connectivity index (χ3n) is 4.08. The Morgan fingerprint density at radius 1 is 1.20 bits per heavy atom. The zero-order valence-electron chi connectivity index (χ0n) is 11.8. The van der Waals surface area contributed by atoms with Crippen LogP contribution >= 0.6 is 0 Å². The number of hydrogen-bond acceptors (Lipinski definition) is 4. The maximum atomic E-state index is 12.6. The quantitative estimate of drug-likeness (QED) is 0.864. The number of carbonyl (C=O) groups is 1. The molecule has 0 atom stereocenters. The second-order valence-corrected chi connectivity index (χ2v) is 5.37. The molecule has 1 saturated heterocycles. The average Bonchev–Trinajstić information content (AvgIpc) is 2.54. The molecular weight excluding hydrogens is 254 g/mol. The molecule has 0 unspecified atom stereocenters. The van der Waals surface area contributed by atoms with Crippen LogP contribution in [0.15, 0.2) is 18.2 Å². The monoisotopic (exact) mass is 275 g/mol. The van der Waals surface area contributed by atoms with Crippen molar-refractivity contribution >= 4 is 17.3 Å². The average molecular weight is 275 g/mol. The van der Waals surface area contributed by atoms with Gasteiger partial charge in [0.15, 0.2) is 0 Å². The number of carbonyl (C=O) groups excluding carboxylic acids is 1. The Balaban J connectivity index is 1.75. The summed E-state index contributed by atoms with van der Waals surface area (Å²) < 4.78 is 5.35. The lowest BCUT2D eigenvalue weighted by atomic mass is 10.1. The van der Waals surface area contributed by atoms with E-state index in [0.717, 1.165) is 56.1 Å². The molecular formula is C15H21N3O2. The SMILES string of the molecule is CN(C(=O)c1ccc2c(c1)NCCN2)C1CCOCC1. The van der Waals surface area contributed by atoms with Gasteiger partial charge in [-0.1, -0.05) is 0 Å². The fourth-order valence-electron chi connectivity index (χ4n) is 2.81. The Kier molecular flexibility index (Phi) is 3.78. The van der Waals surface area contributed by atoms with E-state index in [4.69, 9.17) is 4.74 Å². The Labute approximate surface area is 119 Å². The second-order valence-electron chi connectivity index (χ2n) is 5.37. The molecule has 2 heterocycles. The lowest BCUT2D eigenvalue weighted by molar-refractivity contribution is 0.0362. The molecule has 0 bridgehead atoms. The number of nitrogens with one attached hydrogen (secondary N) is 2. The van der Waals surface area contributed by atoms with Crippen LogP contribution in [0.25, 0.3) is 0 Å². The number of nitrogens with zero attached hydrogens (tertiary/aromatic N) is 1.